The average Bonchev–Trinajstić information content (AvgIpc) is 2.96. The van der Waals surface area contributed by atoms with Crippen LogP contribution in [0.25, 0.3) is 6.08 Å². The van der Waals surface area contributed by atoms with Crippen molar-refractivity contribution in [1.29, 1.82) is 0 Å². The number of nitrogens with zero attached hydrogens (tertiary/aromatic N) is 1. The van der Waals surface area contributed by atoms with E-state index in [1.54, 1.807) is 43.5 Å². The standard InChI is InChI=1S/C22H21NO4S/c1-4-9-16-12-15(13-18(27-5-2)20(16)26-3)14-19-21(24)23(22(25)28-19)17-10-7-6-8-11-17/h4,6-8,10-14H,1,5,9H2,2-3H3/b19-14-. The molecule has 2 aromatic carbocycles. The Balaban J connectivity index is 2.00. The Bertz CT molecular complexity index is 937. The highest BCUT2D eigenvalue weighted by Crippen LogP contribution is 2.38. The molecule has 0 saturated carbocycles. The number of thioether (sulfide) groups is 1. The summed E-state index contributed by atoms with van der Waals surface area (Å²) in [6, 6.07) is 12.6. The van der Waals surface area contributed by atoms with Crippen LogP contribution in [0.4, 0.5) is 10.5 Å². The highest BCUT2D eigenvalue weighted by atomic mass is 32.2. The maximum atomic E-state index is 12.8. The summed E-state index contributed by atoms with van der Waals surface area (Å²) in [6.45, 7) is 6.16. The van der Waals surface area contributed by atoms with Crippen molar-refractivity contribution in [2.75, 3.05) is 18.6 Å². The maximum Gasteiger partial charge on any atom is 0.298 e. The van der Waals surface area contributed by atoms with Crippen molar-refractivity contribution >= 4 is 34.7 Å². The van der Waals surface area contributed by atoms with E-state index in [1.807, 2.05) is 25.1 Å². The van der Waals surface area contributed by atoms with Crippen molar-refractivity contribution in [3.8, 4) is 11.5 Å². The number of para-hydroxylation sites is 1. The number of carbonyl (C=O) groups excluding carboxylic acids is 2. The van der Waals surface area contributed by atoms with E-state index in [-0.39, 0.29) is 11.1 Å². The number of ether oxygens (including phenoxy) is 2. The van der Waals surface area contributed by atoms with Crippen LogP contribution in [0.2, 0.25) is 0 Å². The third-order valence-corrected chi connectivity index (χ3v) is 5.00. The quantitative estimate of drug-likeness (QED) is 0.484. The lowest BCUT2D eigenvalue weighted by molar-refractivity contribution is -0.113. The zero-order chi connectivity index (χ0) is 20.1. The summed E-state index contributed by atoms with van der Waals surface area (Å²) in [7, 11) is 1.59. The highest BCUT2D eigenvalue weighted by molar-refractivity contribution is 8.19. The van der Waals surface area contributed by atoms with E-state index in [4.69, 9.17) is 9.47 Å². The fourth-order valence-corrected chi connectivity index (χ4v) is 3.83. The van der Waals surface area contributed by atoms with E-state index < -0.39 is 0 Å². The average molecular weight is 395 g/mol. The van der Waals surface area contributed by atoms with Crippen molar-refractivity contribution in [2.45, 2.75) is 13.3 Å². The molecule has 3 rings (SSSR count). The third kappa shape index (κ3) is 3.97. The molecular formula is C22H21NO4S. The Labute approximate surface area is 168 Å². The Kier molecular flexibility index (Phi) is 6.21. The van der Waals surface area contributed by atoms with Gasteiger partial charge in [0.25, 0.3) is 11.1 Å². The number of imide groups is 1. The second-order valence-corrected chi connectivity index (χ2v) is 6.98. The van der Waals surface area contributed by atoms with E-state index in [0.717, 1.165) is 22.9 Å². The molecule has 2 aromatic rings. The fraction of sp³-hybridized carbons (Fsp3) is 0.182. The first kappa shape index (κ1) is 19.8. The maximum absolute atomic E-state index is 12.8. The molecule has 0 spiro atoms. The summed E-state index contributed by atoms with van der Waals surface area (Å²) < 4.78 is 11.2. The van der Waals surface area contributed by atoms with Crippen LogP contribution in [0.5, 0.6) is 11.5 Å². The van der Waals surface area contributed by atoms with Crippen molar-refractivity contribution in [3.63, 3.8) is 0 Å². The van der Waals surface area contributed by atoms with Gasteiger partial charge in [-0.15, -0.1) is 6.58 Å². The lowest BCUT2D eigenvalue weighted by Crippen LogP contribution is -2.27. The Morgan fingerprint density at radius 1 is 1.18 bits per heavy atom. The van der Waals surface area contributed by atoms with E-state index in [9.17, 15) is 9.59 Å². The second-order valence-electron chi connectivity index (χ2n) is 5.99. The minimum Gasteiger partial charge on any atom is -0.493 e. The molecule has 0 N–H and O–H groups in total. The van der Waals surface area contributed by atoms with Crippen molar-refractivity contribution in [2.24, 2.45) is 0 Å². The van der Waals surface area contributed by atoms with Gasteiger partial charge in [0.2, 0.25) is 0 Å². The van der Waals surface area contributed by atoms with Crippen LogP contribution in [0, 0.1) is 0 Å². The van der Waals surface area contributed by atoms with E-state index in [0.29, 0.717) is 35.1 Å². The molecule has 2 amide bonds. The predicted octanol–water partition coefficient (Wildman–Crippen LogP) is 5.06. The number of hydrogen-bond acceptors (Lipinski definition) is 5. The lowest BCUT2D eigenvalue weighted by Gasteiger charge is -2.14. The van der Waals surface area contributed by atoms with Crippen molar-refractivity contribution < 1.29 is 19.1 Å². The first-order chi connectivity index (χ1) is 13.6. The van der Waals surface area contributed by atoms with Gasteiger partial charge in [0.1, 0.15) is 0 Å². The molecule has 1 aliphatic rings. The molecule has 6 heteroatoms. The number of methoxy groups -OCH3 is 1. The topological polar surface area (TPSA) is 55.8 Å². The molecule has 1 fully saturated rings. The van der Waals surface area contributed by atoms with Crippen LogP contribution in [-0.2, 0) is 11.2 Å². The molecule has 0 aliphatic carbocycles. The smallest absolute Gasteiger partial charge is 0.298 e. The molecule has 0 bridgehead atoms. The van der Waals surface area contributed by atoms with Crippen LogP contribution in [0.15, 0.2) is 60.0 Å². The zero-order valence-corrected chi connectivity index (χ0v) is 16.6. The van der Waals surface area contributed by atoms with Gasteiger partial charge in [-0.3, -0.25) is 9.59 Å². The zero-order valence-electron chi connectivity index (χ0n) is 15.8. The Morgan fingerprint density at radius 3 is 2.57 bits per heavy atom. The molecule has 1 saturated heterocycles. The number of rotatable bonds is 7. The van der Waals surface area contributed by atoms with Crippen LogP contribution in [0.1, 0.15) is 18.1 Å². The fourth-order valence-electron chi connectivity index (χ4n) is 2.99. The number of carbonyl (C=O) groups is 2. The molecular weight excluding hydrogens is 374 g/mol. The molecule has 5 nitrogen and oxygen atoms in total. The molecule has 0 radical (unpaired) electrons. The van der Waals surface area contributed by atoms with Gasteiger partial charge in [-0.1, -0.05) is 24.3 Å². The highest BCUT2D eigenvalue weighted by Gasteiger charge is 2.36. The van der Waals surface area contributed by atoms with Crippen LogP contribution in [0.3, 0.4) is 0 Å². The minimum absolute atomic E-state index is 0.313. The molecule has 28 heavy (non-hydrogen) atoms. The van der Waals surface area contributed by atoms with Crippen LogP contribution >= 0.6 is 11.8 Å². The second kappa shape index (κ2) is 8.80. The van der Waals surface area contributed by atoms with E-state index in [2.05, 4.69) is 6.58 Å². The van der Waals surface area contributed by atoms with E-state index >= 15 is 0 Å². The van der Waals surface area contributed by atoms with E-state index in [1.165, 1.54) is 4.90 Å². The number of hydrogen-bond donors (Lipinski definition) is 0. The molecule has 144 valence electrons. The van der Waals surface area contributed by atoms with Gasteiger partial charge in [-0.25, -0.2) is 4.90 Å². The van der Waals surface area contributed by atoms with Gasteiger partial charge in [-0.2, -0.15) is 0 Å². The molecule has 0 aromatic heterocycles. The summed E-state index contributed by atoms with van der Waals surface area (Å²) >= 11 is 0.926. The summed E-state index contributed by atoms with van der Waals surface area (Å²) in [4.78, 5) is 26.8. The summed E-state index contributed by atoms with van der Waals surface area (Å²) in [6.07, 6.45) is 4.08. The summed E-state index contributed by atoms with van der Waals surface area (Å²) in [5, 5.41) is -0.313. The third-order valence-electron chi connectivity index (χ3n) is 4.13. The van der Waals surface area contributed by atoms with Gasteiger partial charge in [-0.05, 0) is 61.0 Å². The number of allylic oxidation sites excluding steroid dienone is 1. The Hall–Kier alpha value is -2.99. The normalized spacial score (nSPS) is 15.2. The number of anilines is 1. The molecule has 1 aliphatic heterocycles. The number of amides is 2. The van der Waals surface area contributed by atoms with Crippen molar-refractivity contribution in [3.05, 3.63) is 71.2 Å². The first-order valence-electron chi connectivity index (χ1n) is 8.86. The van der Waals surface area contributed by atoms with Crippen molar-refractivity contribution in [1.82, 2.24) is 0 Å². The van der Waals surface area contributed by atoms with Gasteiger partial charge in [0.05, 0.1) is 24.3 Å². The minimum atomic E-state index is -0.333. The number of benzene rings is 2. The van der Waals surface area contributed by atoms with Gasteiger partial charge in [0.15, 0.2) is 11.5 Å². The monoisotopic (exact) mass is 395 g/mol. The Morgan fingerprint density at radius 2 is 1.93 bits per heavy atom. The molecule has 0 atom stereocenters. The molecule has 0 unspecified atom stereocenters. The van der Waals surface area contributed by atoms with Gasteiger partial charge < -0.3 is 9.47 Å². The largest absolute Gasteiger partial charge is 0.493 e. The van der Waals surface area contributed by atoms with Gasteiger partial charge in [0, 0.05) is 5.56 Å². The summed E-state index contributed by atoms with van der Waals surface area (Å²) in [5.74, 6) is 0.912. The SMILES string of the molecule is C=CCc1cc(/C=C2\SC(=O)N(c3ccccc3)C2=O)cc(OCC)c1OC. The van der Waals surface area contributed by atoms with Gasteiger partial charge >= 0.3 is 0 Å². The molecule has 1 heterocycles. The first-order valence-corrected chi connectivity index (χ1v) is 9.68. The lowest BCUT2D eigenvalue weighted by atomic mass is 10.0. The summed E-state index contributed by atoms with van der Waals surface area (Å²) in [5.41, 5.74) is 2.22. The van der Waals surface area contributed by atoms with Crippen LogP contribution < -0.4 is 14.4 Å². The van der Waals surface area contributed by atoms with Crippen LogP contribution in [-0.4, -0.2) is 24.9 Å². The predicted molar refractivity (Wildman–Crippen MR) is 113 cm³/mol.